The summed E-state index contributed by atoms with van der Waals surface area (Å²) in [6.07, 6.45) is 0. The van der Waals surface area contributed by atoms with E-state index in [1.54, 1.807) is 0 Å². The van der Waals surface area contributed by atoms with Crippen LogP contribution in [0, 0.1) is 0 Å². The Morgan fingerprint density at radius 3 is 0.914 bits per heavy atom. The highest BCUT2D eigenvalue weighted by atomic mass is 15.2. The quantitative estimate of drug-likeness (QED) is 0.0941. The molecule has 0 fully saturated rings. The number of hydrogen-bond acceptors (Lipinski definition) is 2. The Morgan fingerprint density at radius 2 is 0.514 bits per heavy atom. The molecule has 0 aromatic heterocycles. The van der Waals surface area contributed by atoms with Crippen LogP contribution in [-0.4, -0.2) is 6.71 Å². The molecule has 3 heteroatoms. The summed E-state index contributed by atoms with van der Waals surface area (Å²) in [4.78, 5) is 5.41. The van der Waals surface area contributed by atoms with E-state index < -0.39 is 0 Å². The van der Waals surface area contributed by atoms with Crippen LogP contribution >= 0.6 is 0 Å². The molecule has 17 aromatic rings. The van der Waals surface area contributed by atoms with E-state index in [4.69, 9.17) is 0 Å². The van der Waals surface area contributed by atoms with Crippen LogP contribution in [0.25, 0.3) is 132 Å². The summed E-state index contributed by atoms with van der Waals surface area (Å²) < 4.78 is 0. The Balaban J connectivity index is 0.975. The topological polar surface area (TPSA) is 6.48 Å². The zero-order chi connectivity index (χ0) is 70.7. The van der Waals surface area contributed by atoms with Crippen molar-refractivity contribution in [2.75, 3.05) is 9.80 Å². The van der Waals surface area contributed by atoms with E-state index >= 15 is 0 Å². The molecule has 2 aliphatic rings. The van der Waals surface area contributed by atoms with Gasteiger partial charge in [0.05, 0.1) is 11.4 Å². The third-order valence-electron chi connectivity index (χ3n) is 22.2. The van der Waals surface area contributed by atoms with E-state index in [2.05, 4.69) is 409 Å². The minimum Gasteiger partial charge on any atom is -0.310 e. The molecule has 2 heterocycles. The van der Waals surface area contributed by atoms with Crippen LogP contribution in [0.15, 0.2) is 358 Å². The van der Waals surface area contributed by atoms with Gasteiger partial charge in [-0.05, 0) is 209 Å². The largest absolute Gasteiger partial charge is 0.310 e. The molecule has 105 heavy (non-hydrogen) atoms. The number of anilines is 6. The molecular weight excluding hydrogens is 1260 g/mol. The molecule has 0 N–H and O–H groups in total. The van der Waals surface area contributed by atoms with Gasteiger partial charge in [-0.3, -0.25) is 0 Å². The first-order valence-electron chi connectivity index (χ1n) is 37.0. The van der Waals surface area contributed by atoms with Gasteiger partial charge in [-0.2, -0.15) is 0 Å². The van der Waals surface area contributed by atoms with E-state index in [-0.39, 0.29) is 17.5 Å². The Morgan fingerprint density at radius 1 is 0.210 bits per heavy atom. The maximum atomic E-state index is 2.72. The first kappa shape index (κ1) is 63.4. The number of hydrogen-bond donors (Lipinski definition) is 0. The van der Waals surface area contributed by atoms with Crippen molar-refractivity contribution in [3.8, 4) is 100 Å². The van der Waals surface area contributed by atoms with Crippen molar-refractivity contribution < 1.29 is 0 Å². The van der Waals surface area contributed by atoms with Crippen LogP contribution in [-0.2, 0) is 10.8 Å². The fourth-order valence-corrected chi connectivity index (χ4v) is 16.9. The summed E-state index contributed by atoms with van der Waals surface area (Å²) in [6.45, 7) is 13.6. The number of fused-ring (bicyclic) bond motifs is 4. The van der Waals surface area contributed by atoms with Gasteiger partial charge < -0.3 is 9.80 Å². The summed E-state index contributed by atoms with van der Waals surface area (Å²) in [6, 6.07) is 136. The molecule has 0 saturated heterocycles. The van der Waals surface area contributed by atoms with Crippen LogP contribution in [0.3, 0.4) is 0 Å². The second kappa shape index (κ2) is 25.2. The Hall–Kier alpha value is -12.6. The molecule has 2 aliphatic heterocycles. The molecule has 0 atom stereocenters. The summed E-state index contributed by atoms with van der Waals surface area (Å²) in [5.41, 5.74) is 33.6. The van der Waals surface area contributed by atoms with Crippen LogP contribution in [0.4, 0.5) is 34.1 Å². The van der Waals surface area contributed by atoms with Crippen LogP contribution in [0.1, 0.15) is 52.7 Å². The average Bonchev–Trinajstić information content (AvgIpc) is 0.686. The predicted octanol–water partition coefficient (Wildman–Crippen LogP) is 26.3. The molecule has 0 amide bonds. The van der Waals surface area contributed by atoms with Crippen molar-refractivity contribution >= 4 is 89.5 Å². The predicted molar refractivity (Wildman–Crippen MR) is 450 cm³/mol. The molecule has 0 radical (unpaired) electrons. The van der Waals surface area contributed by atoms with Crippen LogP contribution in [0.5, 0.6) is 0 Å². The van der Waals surface area contributed by atoms with E-state index in [0.717, 1.165) is 118 Å². The Bertz CT molecular complexity index is 5990. The van der Waals surface area contributed by atoms with E-state index in [1.807, 2.05) is 0 Å². The molecule has 17 aromatic carbocycles. The highest BCUT2D eigenvalue weighted by Gasteiger charge is 2.46. The van der Waals surface area contributed by atoms with Crippen molar-refractivity contribution in [3.05, 3.63) is 369 Å². The highest BCUT2D eigenvalue weighted by Crippen LogP contribution is 2.56. The zero-order valence-electron chi connectivity index (χ0n) is 60.0. The van der Waals surface area contributed by atoms with E-state index in [9.17, 15) is 0 Å². The number of benzene rings is 17. The van der Waals surface area contributed by atoms with Gasteiger partial charge >= 0.3 is 0 Å². The van der Waals surface area contributed by atoms with Gasteiger partial charge in [-0.15, -0.1) is 0 Å². The lowest BCUT2D eigenvalue weighted by Gasteiger charge is -2.46. The smallest absolute Gasteiger partial charge is 0.252 e. The van der Waals surface area contributed by atoms with Gasteiger partial charge in [0.15, 0.2) is 0 Å². The molecule has 0 spiro atoms. The van der Waals surface area contributed by atoms with Crippen molar-refractivity contribution in [2.24, 2.45) is 0 Å². The summed E-state index contributed by atoms with van der Waals surface area (Å²) in [5, 5.41) is 7.70. The monoisotopic (exact) mass is 1340 g/mol. The van der Waals surface area contributed by atoms with Crippen molar-refractivity contribution in [3.63, 3.8) is 0 Å². The van der Waals surface area contributed by atoms with Gasteiger partial charge in [0.25, 0.3) is 6.71 Å². The van der Waals surface area contributed by atoms with Gasteiger partial charge in [-0.1, -0.05) is 339 Å². The fraction of sp³-hybridized carbons (Fsp3) is 0.0784. The van der Waals surface area contributed by atoms with E-state index in [0.29, 0.717) is 0 Å². The third kappa shape index (κ3) is 11.0. The normalized spacial score (nSPS) is 12.6. The van der Waals surface area contributed by atoms with Gasteiger partial charge in [-0.25, -0.2) is 0 Å². The van der Waals surface area contributed by atoms with E-state index in [1.165, 1.54) is 76.5 Å². The standard InChI is InChI=1S/C102H77BN2/c1-101(2,3)84-50-46-69(47-51-84)83-64-94-98-95(65-83)105(100-88(72-38-24-12-25-39-72)60-82(68-32-18-9-19-33-68)61-89(100)73-40-26-13-27-41-73)93-63-75(80-54-76-42-44-78-56-85(102(4,5)6)57-79-45-43-77(55-80)96(76)97(78)79)48-52-90(93)103(98)91-62-74(66-28-14-7-15-29-66)49-53-92(91)104(94)99-86(70-34-20-10-21-35-70)58-81(67-30-16-8-17-31-67)59-87(99)71-36-22-11-23-37-71/h7-65H,1-6H3. The minimum atomic E-state index is -0.251. The molecule has 0 aliphatic carbocycles. The average molecular weight is 1340 g/mol. The SMILES string of the molecule is CC(C)(C)c1ccc(-c2cc3c4c(c2)N(c2c(-c5ccccc5)cc(-c5ccccc5)cc2-c2ccccc2)c2cc(-c5cc6ccc7cc(C(C)(C)C)cc8ccc(c5)c6c78)ccc2B4c2cc(-c4ccccc4)ccc2N3c2c(-c3ccccc3)cc(-c3ccccc3)cc2-c2ccccc2)cc1. The summed E-state index contributed by atoms with van der Waals surface area (Å²) in [7, 11) is 0. The van der Waals surface area contributed by atoms with Gasteiger partial charge in [0.1, 0.15) is 0 Å². The van der Waals surface area contributed by atoms with Crippen molar-refractivity contribution in [1.29, 1.82) is 0 Å². The lowest BCUT2D eigenvalue weighted by Crippen LogP contribution is -2.61. The van der Waals surface area contributed by atoms with Crippen molar-refractivity contribution in [1.82, 2.24) is 0 Å². The molecule has 2 nitrogen and oxygen atoms in total. The van der Waals surface area contributed by atoms with Crippen LogP contribution < -0.4 is 26.2 Å². The molecule has 498 valence electrons. The lowest BCUT2D eigenvalue weighted by atomic mass is 9.33. The fourth-order valence-electron chi connectivity index (χ4n) is 16.9. The van der Waals surface area contributed by atoms with Crippen molar-refractivity contribution in [2.45, 2.75) is 52.4 Å². The Labute approximate surface area is 616 Å². The second-order valence-corrected chi connectivity index (χ2v) is 30.8. The van der Waals surface area contributed by atoms with Gasteiger partial charge in [0, 0.05) is 45.0 Å². The van der Waals surface area contributed by atoms with Gasteiger partial charge in [0.2, 0.25) is 0 Å². The maximum Gasteiger partial charge on any atom is 0.252 e. The molecule has 0 bridgehead atoms. The molecule has 0 unspecified atom stereocenters. The highest BCUT2D eigenvalue weighted by molar-refractivity contribution is 7.00. The first-order valence-corrected chi connectivity index (χ1v) is 37.0. The Kier molecular flexibility index (Phi) is 15.2. The first-order chi connectivity index (χ1) is 51.3. The lowest BCUT2D eigenvalue weighted by molar-refractivity contribution is 0.590. The van der Waals surface area contributed by atoms with Crippen LogP contribution in [0.2, 0.25) is 0 Å². The second-order valence-electron chi connectivity index (χ2n) is 30.8. The third-order valence-corrected chi connectivity index (χ3v) is 22.2. The number of rotatable bonds is 11. The maximum absolute atomic E-state index is 2.72. The zero-order valence-corrected chi connectivity index (χ0v) is 60.0. The minimum absolute atomic E-state index is 0.0170. The summed E-state index contributed by atoms with van der Waals surface area (Å²) in [5.74, 6) is 0. The molecule has 0 saturated carbocycles. The number of nitrogens with zero attached hydrogens (tertiary/aromatic N) is 2. The molecular formula is C102H77BN2. The summed E-state index contributed by atoms with van der Waals surface area (Å²) >= 11 is 0. The molecule has 19 rings (SSSR count).